The van der Waals surface area contributed by atoms with Gasteiger partial charge < -0.3 is 14.8 Å². The fraction of sp³-hybridized carbons (Fsp3) is 0.250. The Balaban J connectivity index is 2.07. The predicted octanol–water partition coefficient (Wildman–Crippen LogP) is 3.71. The maximum absolute atomic E-state index is 5.79. The van der Waals surface area contributed by atoms with Crippen LogP contribution < -0.4 is 14.8 Å². The molecule has 0 radical (unpaired) electrons. The fourth-order valence-electron chi connectivity index (χ4n) is 1.84. The Hall–Kier alpha value is -2.16. The van der Waals surface area contributed by atoms with Crippen molar-refractivity contribution >= 4 is 5.69 Å². The van der Waals surface area contributed by atoms with Crippen LogP contribution in [-0.4, -0.2) is 13.7 Å². The van der Waals surface area contributed by atoms with E-state index >= 15 is 0 Å². The lowest BCUT2D eigenvalue weighted by Gasteiger charge is -2.12. The van der Waals surface area contributed by atoms with Gasteiger partial charge in [0.2, 0.25) is 0 Å². The van der Waals surface area contributed by atoms with Gasteiger partial charge in [-0.05, 0) is 24.6 Å². The Morgan fingerprint density at radius 1 is 1.00 bits per heavy atom. The Morgan fingerprint density at radius 2 is 1.79 bits per heavy atom. The zero-order valence-corrected chi connectivity index (χ0v) is 11.3. The van der Waals surface area contributed by atoms with Gasteiger partial charge in [-0.3, -0.25) is 0 Å². The van der Waals surface area contributed by atoms with Crippen molar-refractivity contribution in [1.29, 1.82) is 0 Å². The standard InChI is InChI=1S/C16H19NO2/c1-3-17-14-9-10-15(16(11-14)18-2)19-12-13-7-5-4-6-8-13/h4-11,17H,3,12H2,1-2H3. The van der Waals surface area contributed by atoms with Crippen LogP contribution >= 0.6 is 0 Å². The molecular weight excluding hydrogens is 238 g/mol. The van der Waals surface area contributed by atoms with Crippen LogP contribution in [0.25, 0.3) is 0 Å². The molecule has 2 aromatic carbocycles. The molecule has 100 valence electrons. The maximum Gasteiger partial charge on any atom is 0.162 e. The summed E-state index contributed by atoms with van der Waals surface area (Å²) in [7, 11) is 1.65. The largest absolute Gasteiger partial charge is 0.493 e. The predicted molar refractivity (Wildman–Crippen MR) is 77.9 cm³/mol. The number of anilines is 1. The van der Waals surface area contributed by atoms with Crippen LogP contribution in [0.15, 0.2) is 48.5 Å². The van der Waals surface area contributed by atoms with Crippen molar-refractivity contribution in [3.8, 4) is 11.5 Å². The molecule has 0 aliphatic rings. The molecule has 2 aromatic rings. The van der Waals surface area contributed by atoms with E-state index in [0.29, 0.717) is 6.61 Å². The van der Waals surface area contributed by atoms with Gasteiger partial charge in [0.15, 0.2) is 11.5 Å². The second-order valence-corrected chi connectivity index (χ2v) is 4.17. The monoisotopic (exact) mass is 257 g/mol. The molecular formula is C16H19NO2. The zero-order valence-electron chi connectivity index (χ0n) is 11.3. The minimum atomic E-state index is 0.539. The summed E-state index contributed by atoms with van der Waals surface area (Å²) in [5.41, 5.74) is 2.17. The normalized spacial score (nSPS) is 10.0. The van der Waals surface area contributed by atoms with Crippen molar-refractivity contribution in [2.75, 3.05) is 19.0 Å². The highest BCUT2D eigenvalue weighted by Crippen LogP contribution is 2.30. The first-order valence-electron chi connectivity index (χ1n) is 6.42. The topological polar surface area (TPSA) is 30.5 Å². The molecule has 2 rings (SSSR count). The SMILES string of the molecule is CCNc1ccc(OCc2ccccc2)c(OC)c1. The number of hydrogen-bond donors (Lipinski definition) is 1. The first-order valence-corrected chi connectivity index (χ1v) is 6.42. The van der Waals surface area contributed by atoms with E-state index in [1.165, 1.54) is 0 Å². The van der Waals surface area contributed by atoms with Gasteiger partial charge in [-0.25, -0.2) is 0 Å². The molecule has 0 unspecified atom stereocenters. The lowest BCUT2D eigenvalue weighted by Crippen LogP contribution is -2.00. The summed E-state index contributed by atoms with van der Waals surface area (Å²) in [5, 5.41) is 3.25. The van der Waals surface area contributed by atoms with Gasteiger partial charge in [0, 0.05) is 18.3 Å². The molecule has 3 heteroatoms. The molecule has 0 spiro atoms. The van der Waals surface area contributed by atoms with Gasteiger partial charge in [-0.2, -0.15) is 0 Å². The molecule has 0 amide bonds. The lowest BCUT2D eigenvalue weighted by atomic mass is 10.2. The highest BCUT2D eigenvalue weighted by Gasteiger charge is 2.05. The van der Waals surface area contributed by atoms with E-state index in [4.69, 9.17) is 9.47 Å². The Bertz CT molecular complexity index is 511. The molecule has 1 N–H and O–H groups in total. The van der Waals surface area contributed by atoms with E-state index in [2.05, 4.69) is 12.2 Å². The first-order chi connectivity index (χ1) is 9.33. The van der Waals surface area contributed by atoms with E-state index in [1.54, 1.807) is 7.11 Å². The quantitative estimate of drug-likeness (QED) is 0.855. The minimum absolute atomic E-state index is 0.539. The van der Waals surface area contributed by atoms with Crippen LogP contribution in [0, 0.1) is 0 Å². The highest BCUT2D eigenvalue weighted by molar-refractivity contribution is 5.54. The van der Waals surface area contributed by atoms with Crippen LogP contribution in [0.2, 0.25) is 0 Å². The van der Waals surface area contributed by atoms with Crippen LogP contribution in [0.3, 0.4) is 0 Å². The summed E-state index contributed by atoms with van der Waals surface area (Å²) in [6.45, 7) is 3.48. The maximum atomic E-state index is 5.79. The molecule has 0 heterocycles. The highest BCUT2D eigenvalue weighted by atomic mass is 16.5. The van der Waals surface area contributed by atoms with E-state index in [9.17, 15) is 0 Å². The van der Waals surface area contributed by atoms with Gasteiger partial charge >= 0.3 is 0 Å². The number of hydrogen-bond acceptors (Lipinski definition) is 3. The average molecular weight is 257 g/mol. The van der Waals surface area contributed by atoms with Crippen molar-refractivity contribution in [2.24, 2.45) is 0 Å². The molecule has 0 aromatic heterocycles. The number of nitrogens with one attached hydrogen (secondary N) is 1. The lowest BCUT2D eigenvalue weighted by molar-refractivity contribution is 0.284. The third kappa shape index (κ3) is 3.65. The van der Waals surface area contributed by atoms with Crippen molar-refractivity contribution in [1.82, 2.24) is 0 Å². The van der Waals surface area contributed by atoms with Gasteiger partial charge in [0.05, 0.1) is 7.11 Å². The number of ether oxygens (including phenoxy) is 2. The van der Waals surface area contributed by atoms with Crippen molar-refractivity contribution in [3.05, 3.63) is 54.1 Å². The second kappa shape index (κ2) is 6.69. The number of benzene rings is 2. The van der Waals surface area contributed by atoms with Gasteiger partial charge in [-0.1, -0.05) is 30.3 Å². The molecule has 0 fully saturated rings. The molecule has 3 nitrogen and oxygen atoms in total. The van der Waals surface area contributed by atoms with Gasteiger partial charge in [0.25, 0.3) is 0 Å². The molecule has 0 saturated carbocycles. The third-order valence-corrected chi connectivity index (χ3v) is 2.78. The summed E-state index contributed by atoms with van der Waals surface area (Å²) in [6.07, 6.45) is 0. The zero-order chi connectivity index (χ0) is 13.5. The van der Waals surface area contributed by atoms with E-state index in [-0.39, 0.29) is 0 Å². The van der Waals surface area contributed by atoms with E-state index < -0.39 is 0 Å². The molecule has 0 atom stereocenters. The van der Waals surface area contributed by atoms with Crippen molar-refractivity contribution < 1.29 is 9.47 Å². The second-order valence-electron chi connectivity index (χ2n) is 4.17. The summed E-state index contributed by atoms with van der Waals surface area (Å²) in [5.74, 6) is 1.50. The Morgan fingerprint density at radius 3 is 2.47 bits per heavy atom. The van der Waals surface area contributed by atoms with Crippen LogP contribution in [0.1, 0.15) is 12.5 Å². The van der Waals surface area contributed by atoms with Crippen molar-refractivity contribution in [2.45, 2.75) is 13.5 Å². The Labute approximate surface area is 114 Å². The van der Waals surface area contributed by atoms with Crippen molar-refractivity contribution in [3.63, 3.8) is 0 Å². The summed E-state index contributed by atoms with van der Waals surface area (Å²) >= 11 is 0. The van der Waals surface area contributed by atoms with Crippen LogP contribution in [-0.2, 0) is 6.61 Å². The van der Waals surface area contributed by atoms with E-state index in [0.717, 1.165) is 29.3 Å². The summed E-state index contributed by atoms with van der Waals surface area (Å²) in [6, 6.07) is 16.0. The van der Waals surface area contributed by atoms with Crippen LogP contribution in [0.5, 0.6) is 11.5 Å². The molecule has 19 heavy (non-hydrogen) atoms. The molecule has 0 bridgehead atoms. The molecule has 0 aliphatic carbocycles. The first kappa shape index (κ1) is 13.3. The number of rotatable bonds is 6. The molecule has 0 saturated heterocycles. The van der Waals surface area contributed by atoms with Gasteiger partial charge in [0.1, 0.15) is 6.61 Å². The summed E-state index contributed by atoms with van der Waals surface area (Å²) < 4.78 is 11.2. The average Bonchev–Trinajstić information content (AvgIpc) is 2.47. The summed E-state index contributed by atoms with van der Waals surface area (Å²) in [4.78, 5) is 0. The number of methoxy groups -OCH3 is 1. The smallest absolute Gasteiger partial charge is 0.162 e. The fourth-order valence-corrected chi connectivity index (χ4v) is 1.84. The van der Waals surface area contributed by atoms with Crippen LogP contribution in [0.4, 0.5) is 5.69 Å². The Kier molecular flexibility index (Phi) is 4.67. The minimum Gasteiger partial charge on any atom is -0.493 e. The third-order valence-electron chi connectivity index (χ3n) is 2.78. The van der Waals surface area contributed by atoms with E-state index in [1.807, 2.05) is 48.5 Å². The molecule has 0 aliphatic heterocycles. The van der Waals surface area contributed by atoms with Gasteiger partial charge in [-0.15, -0.1) is 0 Å².